The van der Waals surface area contributed by atoms with Crippen molar-refractivity contribution in [2.24, 2.45) is 4.99 Å². The highest BCUT2D eigenvalue weighted by atomic mass is 15.2. The smallest absolute Gasteiger partial charge is 0.191 e. The van der Waals surface area contributed by atoms with E-state index in [0.717, 1.165) is 38.6 Å². The van der Waals surface area contributed by atoms with Crippen LogP contribution in [-0.4, -0.2) is 40.1 Å². The fourth-order valence-corrected chi connectivity index (χ4v) is 2.69. The highest BCUT2D eigenvalue weighted by molar-refractivity contribution is 5.83. The number of imidazole rings is 1. The van der Waals surface area contributed by atoms with Crippen molar-refractivity contribution in [1.29, 1.82) is 0 Å². The highest BCUT2D eigenvalue weighted by Gasteiger charge is 2.03. The Labute approximate surface area is 142 Å². The molecule has 0 unspecified atom stereocenters. The molecule has 3 rings (SSSR count). The van der Waals surface area contributed by atoms with E-state index in [0.29, 0.717) is 0 Å². The van der Waals surface area contributed by atoms with Gasteiger partial charge in [-0.15, -0.1) is 0 Å². The fraction of sp³-hybridized carbons (Fsp3) is 0.333. The zero-order valence-electron chi connectivity index (χ0n) is 14.0. The number of guanidine groups is 1. The zero-order valence-corrected chi connectivity index (χ0v) is 14.0. The van der Waals surface area contributed by atoms with Gasteiger partial charge in [0.1, 0.15) is 0 Å². The molecule has 0 bridgehead atoms. The molecule has 0 fully saturated rings. The lowest BCUT2D eigenvalue weighted by Gasteiger charge is -2.11. The van der Waals surface area contributed by atoms with E-state index in [2.05, 4.69) is 56.9 Å². The highest BCUT2D eigenvalue weighted by Crippen LogP contribution is 2.17. The van der Waals surface area contributed by atoms with Crippen molar-refractivity contribution in [2.75, 3.05) is 19.6 Å². The van der Waals surface area contributed by atoms with E-state index in [1.54, 1.807) is 6.20 Å². The number of para-hydroxylation sites is 1. The number of nitrogens with one attached hydrogen (secondary N) is 3. The number of hydrogen-bond acceptors (Lipinski definition) is 2. The van der Waals surface area contributed by atoms with E-state index >= 15 is 0 Å². The standard InChI is InChI=1S/C18H24N6/c1-2-20-18(22-10-12-24-11-9-19-14-24)21-8-7-15-13-23-17-6-4-3-5-16(15)17/h3-6,9,11,13-14,23H,2,7-8,10,12H2,1H3,(H2,20,21,22). The van der Waals surface area contributed by atoms with E-state index in [-0.39, 0.29) is 0 Å². The molecule has 1 aromatic carbocycles. The third kappa shape index (κ3) is 4.16. The summed E-state index contributed by atoms with van der Waals surface area (Å²) in [7, 11) is 0. The first-order valence-corrected chi connectivity index (χ1v) is 8.39. The molecule has 0 radical (unpaired) electrons. The zero-order chi connectivity index (χ0) is 16.6. The Balaban J connectivity index is 1.53. The van der Waals surface area contributed by atoms with E-state index < -0.39 is 0 Å². The summed E-state index contributed by atoms with van der Waals surface area (Å²) in [4.78, 5) is 12.0. The summed E-state index contributed by atoms with van der Waals surface area (Å²) in [5, 5.41) is 7.93. The average molecular weight is 324 g/mol. The van der Waals surface area contributed by atoms with Gasteiger partial charge in [0, 0.05) is 55.7 Å². The van der Waals surface area contributed by atoms with Crippen molar-refractivity contribution >= 4 is 16.9 Å². The van der Waals surface area contributed by atoms with Crippen molar-refractivity contribution < 1.29 is 0 Å². The van der Waals surface area contributed by atoms with Crippen molar-refractivity contribution in [3.63, 3.8) is 0 Å². The van der Waals surface area contributed by atoms with E-state index in [4.69, 9.17) is 0 Å². The van der Waals surface area contributed by atoms with Crippen LogP contribution in [0, 0.1) is 0 Å². The summed E-state index contributed by atoms with van der Waals surface area (Å²) < 4.78 is 2.04. The Morgan fingerprint density at radius 3 is 3.04 bits per heavy atom. The maximum atomic E-state index is 4.67. The molecule has 6 nitrogen and oxygen atoms in total. The van der Waals surface area contributed by atoms with Crippen LogP contribution < -0.4 is 10.6 Å². The van der Waals surface area contributed by atoms with Gasteiger partial charge >= 0.3 is 0 Å². The van der Waals surface area contributed by atoms with Crippen LogP contribution in [0.2, 0.25) is 0 Å². The lowest BCUT2D eigenvalue weighted by Crippen LogP contribution is -2.39. The van der Waals surface area contributed by atoms with Crippen LogP contribution in [0.5, 0.6) is 0 Å². The van der Waals surface area contributed by atoms with Crippen molar-refractivity contribution in [2.45, 2.75) is 19.9 Å². The molecule has 2 aromatic heterocycles. The fourth-order valence-electron chi connectivity index (χ4n) is 2.69. The largest absolute Gasteiger partial charge is 0.361 e. The molecule has 126 valence electrons. The molecule has 3 N–H and O–H groups in total. The van der Waals surface area contributed by atoms with Crippen LogP contribution in [-0.2, 0) is 13.0 Å². The Bertz CT molecular complexity index is 772. The molecule has 0 aliphatic heterocycles. The number of aromatic amines is 1. The SMILES string of the molecule is CCNC(=NCCc1c[nH]c2ccccc12)NCCn1ccnc1. The molecule has 0 spiro atoms. The van der Waals surface area contributed by atoms with Crippen LogP contribution >= 0.6 is 0 Å². The summed E-state index contributed by atoms with van der Waals surface area (Å²) in [6, 6.07) is 8.38. The summed E-state index contributed by atoms with van der Waals surface area (Å²) >= 11 is 0. The predicted molar refractivity (Wildman–Crippen MR) is 98.2 cm³/mol. The molecule has 6 heteroatoms. The monoisotopic (exact) mass is 324 g/mol. The Morgan fingerprint density at radius 2 is 2.21 bits per heavy atom. The molecule has 0 saturated carbocycles. The Hall–Kier alpha value is -2.76. The normalized spacial score (nSPS) is 11.8. The number of benzene rings is 1. The second kappa shape index (κ2) is 8.19. The Morgan fingerprint density at radius 1 is 1.29 bits per heavy atom. The van der Waals surface area contributed by atoms with Gasteiger partial charge in [-0.3, -0.25) is 4.99 Å². The number of nitrogens with zero attached hydrogens (tertiary/aromatic N) is 3. The quantitative estimate of drug-likeness (QED) is 0.461. The molecule has 2 heterocycles. The Kier molecular flexibility index (Phi) is 5.50. The van der Waals surface area contributed by atoms with Gasteiger partial charge in [-0.1, -0.05) is 18.2 Å². The molecule has 0 aliphatic carbocycles. The van der Waals surface area contributed by atoms with E-state index in [1.165, 1.54) is 16.5 Å². The minimum absolute atomic E-state index is 0.752. The van der Waals surface area contributed by atoms with Gasteiger partial charge in [0.05, 0.1) is 6.33 Å². The number of fused-ring (bicyclic) bond motifs is 1. The number of aliphatic imine (C=N–C) groups is 1. The van der Waals surface area contributed by atoms with Gasteiger partial charge in [0.25, 0.3) is 0 Å². The molecule has 0 aliphatic rings. The van der Waals surface area contributed by atoms with Crippen LogP contribution in [0.4, 0.5) is 0 Å². The average Bonchev–Trinajstić information content (AvgIpc) is 3.25. The van der Waals surface area contributed by atoms with Crippen molar-refractivity contribution in [3.8, 4) is 0 Å². The molecule has 0 amide bonds. The van der Waals surface area contributed by atoms with Crippen LogP contribution in [0.25, 0.3) is 10.9 Å². The van der Waals surface area contributed by atoms with Gasteiger partial charge in [0.15, 0.2) is 5.96 Å². The van der Waals surface area contributed by atoms with Crippen LogP contribution in [0.1, 0.15) is 12.5 Å². The first kappa shape index (κ1) is 16.1. The van der Waals surface area contributed by atoms with Gasteiger partial charge in [-0.2, -0.15) is 0 Å². The minimum Gasteiger partial charge on any atom is -0.361 e. The van der Waals surface area contributed by atoms with Crippen molar-refractivity contribution in [1.82, 2.24) is 25.2 Å². The molecule has 0 atom stereocenters. The minimum atomic E-state index is 0.752. The van der Waals surface area contributed by atoms with Crippen molar-refractivity contribution in [3.05, 3.63) is 54.7 Å². The van der Waals surface area contributed by atoms with Gasteiger partial charge in [0.2, 0.25) is 0 Å². The first-order valence-electron chi connectivity index (χ1n) is 8.39. The number of H-pyrrole nitrogens is 1. The van der Waals surface area contributed by atoms with Crippen LogP contribution in [0.15, 0.2) is 54.2 Å². The second-order valence-corrected chi connectivity index (χ2v) is 5.60. The molecule has 24 heavy (non-hydrogen) atoms. The van der Waals surface area contributed by atoms with Gasteiger partial charge < -0.3 is 20.2 Å². The van der Waals surface area contributed by atoms with Gasteiger partial charge in [-0.25, -0.2) is 4.98 Å². The summed E-state index contributed by atoms with van der Waals surface area (Å²) in [6.07, 6.45) is 8.58. The third-order valence-electron chi connectivity index (χ3n) is 3.89. The predicted octanol–water partition coefficient (Wildman–Crippen LogP) is 2.16. The number of aromatic nitrogens is 3. The topological polar surface area (TPSA) is 70.0 Å². The second-order valence-electron chi connectivity index (χ2n) is 5.60. The number of rotatable bonds is 7. The maximum Gasteiger partial charge on any atom is 0.191 e. The first-order chi connectivity index (χ1) is 11.9. The summed E-state index contributed by atoms with van der Waals surface area (Å²) in [5.74, 6) is 0.859. The van der Waals surface area contributed by atoms with Gasteiger partial charge in [-0.05, 0) is 25.0 Å². The molecule has 3 aromatic rings. The van der Waals surface area contributed by atoms with E-state index in [1.807, 2.05) is 23.2 Å². The molecular formula is C18H24N6. The lowest BCUT2D eigenvalue weighted by atomic mass is 10.1. The molecule has 0 saturated heterocycles. The summed E-state index contributed by atoms with van der Waals surface area (Å²) in [5.41, 5.74) is 2.49. The third-order valence-corrected chi connectivity index (χ3v) is 3.89. The maximum absolute atomic E-state index is 4.67. The van der Waals surface area contributed by atoms with Crippen LogP contribution in [0.3, 0.4) is 0 Å². The number of hydrogen-bond donors (Lipinski definition) is 3. The van der Waals surface area contributed by atoms with E-state index in [9.17, 15) is 0 Å². The lowest BCUT2D eigenvalue weighted by molar-refractivity contribution is 0.662. The summed E-state index contributed by atoms with van der Waals surface area (Å²) in [6.45, 7) is 5.36. The molecular weight excluding hydrogens is 300 g/mol.